The Morgan fingerprint density at radius 2 is 1.52 bits per heavy atom. The molecule has 1 amide bonds. The summed E-state index contributed by atoms with van der Waals surface area (Å²) in [6.45, 7) is 3.40. The third-order valence-electron chi connectivity index (χ3n) is 2.98. The number of anilines is 1. The zero-order chi connectivity index (χ0) is 15.2. The lowest BCUT2D eigenvalue weighted by Gasteiger charge is -2.06. The van der Waals surface area contributed by atoms with Gasteiger partial charge in [0.1, 0.15) is 0 Å². The number of methoxy groups -OCH3 is 1. The third-order valence-corrected chi connectivity index (χ3v) is 2.98. The van der Waals surface area contributed by atoms with Gasteiger partial charge >= 0.3 is 5.97 Å². The van der Waals surface area contributed by atoms with E-state index in [2.05, 4.69) is 16.6 Å². The summed E-state index contributed by atoms with van der Waals surface area (Å²) in [5.41, 5.74) is 3.18. The summed E-state index contributed by atoms with van der Waals surface area (Å²) < 4.78 is 4.66. The van der Waals surface area contributed by atoms with Crippen molar-refractivity contribution in [1.29, 1.82) is 0 Å². The molecule has 0 spiro atoms. The molecule has 0 saturated heterocycles. The number of esters is 1. The van der Waals surface area contributed by atoms with Crippen molar-refractivity contribution in [2.75, 3.05) is 12.4 Å². The molecule has 2 aromatic carbocycles. The van der Waals surface area contributed by atoms with Gasteiger partial charge in [0.05, 0.1) is 12.7 Å². The molecule has 0 radical (unpaired) electrons. The van der Waals surface area contributed by atoms with E-state index in [0.717, 1.165) is 11.1 Å². The lowest BCUT2D eigenvalue weighted by atomic mass is 10.0. The number of hydrogen-bond donors (Lipinski definition) is 1. The van der Waals surface area contributed by atoms with E-state index < -0.39 is 0 Å². The highest BCUT2D eigenvalue weighted by molar-refractivity contribution is 5.99. The first-order valence-electron chi connectivity index (χ1n) is 6.36. The zero-order valence-electron chi connectivity index (χ0n) is 11.6. The molecular weight excluding hydrogens is 266 g/mol. The Morgan fingerprint density at radius 3 is 2.00 bits per heavy atom. The van der Waals surface area contributed by atoms with Crippen molar-refractivity contribution >= 4 is 17.6 Å². The Labute approximate surface area is 123 Å². The molecular formula is C17H15NO3. The topological polar surface area (TPSA) is 55.4 Å². The van der Waals surface area contributed by atoms with Crippen LogP contribution in [0.4, 0.5) is 5.69 Å². The van der Waals surface area contributed by atoms with Crippen LogP contribution in [0.15, 0.2) is 61.2 Å². The van der Waals surface area contributed by atoms with Crippen LogP contribution in [0.1, 0.15) is 10.4 Å². The third kappa shape index (κ3) is 3.57. The van der Waals surface area contributed by atoms with E-state index in [1.54, 1.807) is 12.1 Å². The SMILES string of the molecule is C=CC(=O)Nc1ccc(-c2ccc(C(=O)OC)cc2)cc1. The van der Waals surface area contributed by atoms with Crippen molar-refractivity contribution in [3.8, 4) is 11.1 Å². The summed E-state index contributed by atoms with van der Waals surface area (Å²) in [5, 5.41) is 2.68. The first-order chi connectivity index (χ1) is 10.1. The average molecular weight is 281 g/mol. The van der Waals surface area contributed by atoms with Crippen LogP contribution in [0.3, 0.4) is 0 Å². The molecule has 2 aromatic rings. The average Bonchev–Trinajstić information content (AvgIpc) is 2.55. The van der Waals surface area contributed by atoms with Crippen molar-refractivity contribution in [2.45, 2.75) is 0 Å². The van der Waals surface area contributed by atoms with Gasteiger partial charge in [0.2, 0.25) is 5.91 Å². The highest BCUT2D eigenvalue weighted by Crippen LogP contribution is 2.22. The number of amides is 1. The monoisotopic (exact) mass is 281 g/mol. The number of benzene rings is 2. The number of nitrogens with one attached hydrogen (secondary N) is 1. The van der Waals surface area contributed by atoms with Gasteiger partial charge in [-0.3, -0.25) is 4.79 Å². The highest BCUT2D eigenvalue weighted by atomic mass is 16.5. The molecule has 4 heteroatoms. The van der Waals surface area contributed by atoms with Crippen molar-refractivity contribution in [1.82, 2.24) is 0 Å². The molecule has 0 heterocycles. The molecule has 0 saturated carbocycles. The summed E-state index contributed by atoms with van der Waals surface area (Å²) >= 11 is 0. The van der Waals surface area contributed by atoms with Crippen LogP contribution in [0.2, 0.25) is 0 Å². The molecule has 0 aliphatic rings. The molecule has 21 heavy (non-hydrogen) atoms. The van der Waals surface area contributed by atoms with E-state index in [4.69, 9.17) is 0 Å². The quantitative estimate of drug-likeness (QED) is 0.691. The van der Waals surface area contributed by atoms with E-state index in [1.165, 1.54) is 13.2 Å². The molecule has 0 bridgehead atoms. The number of carbonyl (C=O) groups is 2. The maximum atomic E-state index is 11.4. The Hall–Kier alpha value is -2.88. The van der Waals surface area contributed by atoms with Crippen LogP contribution >= 0.6 is 0 Å². The second-order valence-electron chi connectivity index (χ2n) is 4.34. The minimum absolute atomic E-state index is 0.245. The van der Waals surface area contributed by atoms with Gasteiger partial charge < -0.3 is 10.1 Å². The predicted octanol–water partition coefficient (Wildman–Crippen LogP) is 3.26. The first kappa shape index (κ1) is 14.5. The molecule has 1 N–H and O–H groups in total. The summed E-state index contributed by atoms with van der Waals surface area (Å²) in [6, 6.07) is 14.5. The van der Waals surface area contributed by atoms with E-state index in [-0.39, 0.29) is 11.9 Å². The molecule has 4 nitrogen and oxygen atoms in total. The molecule has 0 aliphatic heterocycles. The van der Waals surface area contributed by atoms with Crippen LogP contribution in [0, 0.1) is 0 Å². The number of ether oxygens (including phenoxy) is 1. The van der Waals surface area contributed by atoms with E-state index >= 15 is 0 Å². The van der Waals surface area contributed by atoms with Crippen LogP contribution in [-0.4, -0.2) is 19.0 Å². The van der Waals surface area contributed by atoms with Gasteiger partial charge in [0, 0.05) is 5.69 Å². The zero-order valence-corrected chi connectivity index (χ0v) is 11.6. The Bertz CT molecular complexity index is 657. The normalized spacial score (nSPS) is 9.76. The lowest BCUT2D eigenvalue weighted by molar-refractivity contribution is -0.111. The predicted molar refractivity (Wildman–Crippen MR) is 82.0 cm³/mol. The standard InChI is InChI=1S/C17H15NO3/c1-3-16(19)18-15-10-8-13(9-11-15)12-4-6-14(7-5-12)17(20)21-2/h3-11H,1H2,2H3,(H,18,19). The fraction of sp³-hybridized carbons (Fsp3) is 0.0588. The van der Waals surface area contributed by atoms with Gasteiger partial charge in [-0.2, -0.15) is 0 Å². The van der Waals surface area contributed by atoms with Gasteiger partial charge in [-0.15, -0.1) is 0 Å². The largest absolute Gasteiger partial charge is 0.465 e. The van der Waals surface area contributed by atoms with Gasteiger partial charge in [0.25, 0.3) is 0 Å². The van der Waals surface area contributed by atoms with Crippen LogP contribution in [0.5, 0.6) is 0 Å². The van der Waals surface area contributed by atoms with Crippen molar-refractivity contribution in [3.05, 3.63) is 66.7 Å². The second-order valence-corrected chi connectivity index (χ2v) is 4.34. The number of rotatable bonds is 4. The molecule has 106 valence electrons. The van der Waals surface area contributed by atoms with Crippen LogP contribution < -0.4 is 5.32 Å². The maximum Gasteiger partial charge on any atom is 0.337 e. The number of carbonyl (C=O) groups excluding carboxylic acids is 2. The summed E-state index contributed by atoms with van der Waals surface area (Å²) in [5.74, 6) is -0.603. The smallest absolute Gasteiger partial charge is 0.337 e. The minimum Gasteiger partial charge on any atom is -0.465 e. The van der Waals surface area contributed by atoms with Gasteiger partial charge in [-0.25, -0.2) is 4.79 Å². The van der Waals surface area contributed by atoms with Crippen LogP contribution in [-0.2, 0) is 9.53 Å². The summed E-state index contributed by atoms with van der Waals surface area (Å²) in [6.07, 6.45) is 1.22. The summed E-state index contributed by atoms with van der Waals surface area (Å²) in [7, 11) is 1.35. The maximum absolute atomic E-state index is 11.4. The fourth-order valence-corrected chi connectivity index (χ4v) is 1.86. The summed E-state index contributed by atoms with van der Waals surface area (Å²) in [4.78, 5) is 22.6. The minimum atomic E-state index is -0.357. The van der Waals surface area contributed by atoms with Crippen molar-refractivity contribution < 1.29 is 14.3 Å². The van der Waals surface area contributed by atoms with E-state index in [9.17, 15) is 9.59 Å². The van der Waals surface area contributed by atoms with Crippen molar-refractivity contribution in [3.63, 3.8) is 0 Å². The van der Waals surface area contributed by atoms with Gasteiger partial charge in [-0.05, 0) is 41.5 Å². The second kappa shape index (κ2) is 6.52. The van der Waals surface area contributed by atoms with E-state index in [0.29, 0.717) is 11.3 Å². The van der Waals surface area contributed by atoms with Crippen LogP contribution in [0.25, 0.3) is 11.1 Å². The molecule has 0 unspecified atom stereocenters. The van der Waals surface area contributed by atoms with Gasteiger partial charge in [0.15, 0.2) is 0 Å². The highest BCUT2D eigenvalue weighted by Gasteiger charge is 2.05. The van der Waals surface area contributed by atoms with Crippen molar-refractivity contribution in [2.24, 2.45) is 0 Å². The van der Waals surface area contributed by atoms with Gasteiger partial charge in [-0.1, -0.05) is 30.8 Å². The Kier molecular flexibility index (Phi) is 4.51. The molecule has 0 fully saturated rings. The first-order valence-corrected chi connectivity index (χ1v) is 6.36. The fourth-order valence-electron chi connectivity index (χ4n) is 1.86. The molecule has 0 atom stereocenters. The molecule has 0 aliphatic carbocycles. The Balaban J connectivity index is 2.16. The Morgan fingerprint density at radius 1 is 1.00 bits per heavy atom. The molecule has 0 aromatic heterocycles. The van der Waals surface area contributed by atoms with E-state index in [1.807, 2.05) is 36.4 Å². The molecule has 2 rings (SSSR count). The number of hydrogen-bond acceptors (Lipinski definition) is 3. The lowest BCUT2D eigenvalue weighted by Crippen LogP contribution is -2.06.